The number of hydrogen-bond donors (Lipinski definition) is 0. The van der Waals surface area contributed by atoms with E-state index in [4.69, 9.17) is 9.47 Å². The van der Waals surface area contributed by atoms with Gasteiger partial charge in [0.2, 0.25) is 0 Å². The number of ether oxygens (including phenoxy) is 2. The smallest absolute Gasteiger partial charge is 0.161 e. The highest BCUT2D eigenvalue weighted by atomic mass is 79.9. The Morgan fingerprint density at radius 2 is 1.81 bits per heavy atom. The lowest BCUT2D eigenvalue weighted by Gasteiger charge is -2.16. The molecule has 1 aliphatic rings. The summed E-state index contributed by atoms with van der Waals surface area (Å²) in [6.45, 7) is 3.55. The quantitative estimate of drug-likeness (QED) is 0.615. The minimum atomic E-state index is 0.132. The van der Waals surface area contributed by atoms with Crippen LogP contribution in [0, 0.1) is 6.92 Å². The van der Waals surface area contributed by atoms with Gasteiger partial charge in [-0.1, -0.05) is 50.1 Å². The fourth-order valence-electron chi connectivity index (χ4n) is 2.42. The molecule has 1 atom stereocenters. The molecular weight excluding hydrogens is 396 g/mol. The summed E-state index contributed by atoms with van der Waals surface area (Å²) >= 11 is 7.40. The van der Waals surface area contributed by atoms with E-state index >= 15 is 0 Å². The van der Waals surface area contributed by atoms with Crippen LogP contribution in [-0.4, -0.2) is 13.2 Å². The lowest BCUT2D eigenvalue weighted by atomic mass is 10.00. The molecule has 0 spiro atoms. The van der Waals surface area contributed by atoms with Gasteiger partial charge in [-0.25, -0.2) is 0 Å². The third-order valence-corrected chi connectivity index (χ3v) is 5.53. The van der Waals surface area contributed by atoms with E-state index in [1.807, 2.05) is 6.07 Å². The summed E-state index contributed by atoms with van der Waals surface area (Å²) in [5.41, 5.74) is 3.66. The molecule has 0 fully saturated rings. The Balaban J connectivity index is 1.96. The van der Waals surface area contributed by atoms with E-state index < -0.39 is 0 Å². The summed E-state index contributed by atoms with van der Waals surface area (Å²) in [7, 11) is 0. The second-order valence-corrected chi connectivity index (χ2v) is 6.84. The SMILES string of the molecule is Cc1c(Br)cccc1C(Br)c1ccc2c(c1)OCCCO2. The molecule has 0 aromatic heterocycles. The van der Waals surface area contributed by atoms with Gasteiger partial charge in [-0.15, -0.1) is 0 Å². The molecule has 3 rings (SSSR count). The molecule has 2 nitrogen and oxygen atoms in total. The molecule has 4 heteroatoms. The molecule has 2 aromatic rings. The molecule has 0 N–H and O–H groups in total. The van der Waals surface area contributed by atoms with Gasteiger partial charge in [-0.2, -0.15) is 0 Å². The molecule has 0 radical (unpaired) electrons. The van der Waals surface area contributed by atoms with Crippen LogP contribution in [0.3, 0.4) is 0 Å². The Kier molecular flexibility index (Phi) is 4.55. The van der Waals surface area contributed by atoms with Crippen molar-refractivity contribution < 1.29 is 9.47 Å². The highest BCUT2D eigenvalue weighted by Crippen LogP contribution is 2.39. The average molecular weight is 412 g/mol. The summed E-state index contributed by atoms with van der Waals surface area (Å²) in [4.78, 5) is 0.132. The number of benzene rings is 2. The lowest BCUT2D eigenvalue weighted by Crippen LogP contribution is -1.98. The van der Waals surface area contributed by atoms with Gasteiger partial charge in [0.05, 0.1) is 18.0 Å². The predicted octanol–water partition coefficient (Wildman–Crippen LogP) is 5.40. The number of hydrogen-bond acceptors (Lipinski definition) is 2. The summed E-state index contributed by atoms with van der Waals surface area (Å²) in [5.74, 6) is 1.67. The van der Waals surface area contributed by atoms with Crippen molar-refractivity contribution >= 4 is 31.9 Å². The van der Waals surface area contributed by atoms with Gasteiger partial charge in [0.25, 0.3) is 0 Å². The molecule has 1 heterocycles. The zero-order valence-electron chi connectivity index (χ0n) is 11.7. The molecule has 0 saturated heterocycles. The number of halogens is 2. The minimum Gasteiger partial charge on any atom is -0.490 e. The zero-order chi connectivity index (χ0) is 14.8. The van der Waals surface area contributed by atoms with Crippen LogP contribution in [0.25, 0.3) is 0 Å². The molecular formula is C17H16Br2O2. The van der Waals surface area contributed by atoms with E-state index in [0.717, 1.165) is 29.0 Å². The van der Waals surface area contributed by atoms with Crippen molar-refractivity contribution in [3.8, 4) is 11.5 Å². The summed E-state index contributed by atoms with van der Waals surface area (Å²) in [6, 6.07) is 12.4. The number of alkyl halides is 1. The second-order valence-electron chi connectivity index (χ2n) is 5.07. The van der Waals surface area contributed by atoms with Crippen molar-refractivity contribution in [2.75, 3.05) is 13.2 Å². The van der Waals surface area contributed by atoms with Gasteiger partial charge in [0.15, 0.2) is 11.5 Å². The van der Waals surface area contributed by atoms with Crippen LogP contribution in [0.2, 0.25) is 0 Å². The normalized spacial score (nSPS) is 15.4. The van der Waals surface area contributed by atoms with E-state index in [-0.39, 0.29) is 4.83 Å². The van der Waals surface area contributed by atoms with Crippen molar-refractivity contribution in [2.24, 2.45) is 0 Å². The molecule has 0 amide bonds. The van der Waals surface area contributed by atoms with Gasteiger partial charge in [-0.3, -0.25) is 0 Å². The van der Waals surface area contributed by atoms with Crippen LogP contribution in [0.15, 0.2) is 40.9 Å². The highest BCUT2D eigenvalue weighted by Gasteiger charge is 2.17. The maximum absolute atomic E-state index is 5.77. The van der Waals surface area contributed by atoms with Gasteiger partial charge in [0.1, 0.15) is 0 Å². The Bertz CT molecular complexity index is 655. The first-order valence-corrected chi connectivity index (χ1v) is 8.66. The molecule has 2 aromatic carbocycles. The summed E-state index contributed by atoms with van der Waals surface area (Å²) < 4.78 is 12.6. The van der Waals surface area contributed by atoms with Crippen LogP contribution in [0.5, 0.6) is 11.5 Å². The molecule has 0 bridgehead atoms. The molecule has 1 aliphatic heterocycles. The van der Waals surface area contributed by atoms with Crippen molar-refractivity contribution in [1.29, 1.82) is 0 Å². The molecule has 21 heavy (non-hydrogen) atoms. The monoisotopic (exact) mass is 410 g/mol. The standard InChI is InChI=1S/C17H16Br2O2/c1-11-13(4-2-5-14(11)18)17(19)12-6-7-15-16(10-12)21-9-3-8-20-15/h2,4-7,10,17H,3,8-9H2,1H3. The third kappa shape index (κ3) is 3.11. The van der Waals surface area contributed by atoms with E-state index in [0.29, 0.717) is 6.61 Å². The van der Waals surface area contributed by atoms with Crippen LogP contribution < -0.4 is 9.47 Å². The van der Waals surface area contributed by atoms with E-state index in [2.05, 4.69) is 69.1 Å². The first-order valence-electron chi connectivity index (χ1n) is 6.95. The van der Waals surface area contributed by atoms with Gasteiger partial charge in [0, 0.05) is 10.9 Å². The van der Waals surface area contributed by atoms with Crippen LogP contribution in [0.1, 0.15) is 27.9 Å². The van der Waals surface area contributed by atoms with E-state index in [1.165, 1.54) is 16.7 Å². The minimum absolute atomic E-state index is 0.132. The number of fused-ring (bicyclic) bond motifs is 1. The highest BCUT2D eigenvalue weighted by molar-refractivity contribution is 9.10. The fourth-order valence-corrected chi connectivity index (χ4v) is 3.58. The first-order chi connectivity index (χ1) is 10.2. The fraction of sp³-hybridized carbons (Fsp3) is 0.294. The third-order valence-electron chi connectivity index (χ3n) is 3.65. The van der Waals surface area contributed by atoms with Gasteiger partial charge >= 0.3 is 0 Å². The summed E-state index contributed by atoms with van der Waals surface area (Å²) in [5, 5.41) is 0. The van der Waals surface area contributed by atoms with Crippen LogP contribution >= 0.6 is 31.9 Å². The molecule has 1 unspecified atom stereocenters. The Hall–Kier alpha value is -1.00. The number of rotatable bonds is 2. The maximum atomic E-state index is 5.77. The Morgan fingerprint density at radius 1 is 1.05 bits per heavy atom. The van der Waals surface area contributed by atoms with Crippen molar-refractivity contribution in [2.45, 2.75) is 18.2 Å². The van der Waals surface area contributed by atoms with E-state index in [9.17, 15) is 0 Å². The van der Waals surface area contributed by atoms with E-state index in [1.54, 1.807) is 0 Å². The van der Waals surface area contributed by atoms with Gasteiger partial charge < -0.3 is 9.47 Å². The Morgan fingerprint density at radius 3 is 2.62 bits per heavy atom. The zero-order valence-corrected chi connectivity index (χ0v) is 14.9. The Labute approximate surface area is 141 Å². The average Bonchev–Trinajstić information content (AvgIpc) is 2.74. The first kappa shape index (κ1) is 14.9. The van der Waals surface area contributed by atoms with Crippen molar-refractivity contribution in [1.82, 2.24) is 0 Å². The maximum Gasteiger partial charge on any atom is 0.161 e. The van der Waals surface area contributed by atoms with Gasteiger partial charge in [-0.05, 0) is 41.8 Å². The molecule has 110 valence electrons. The van der Waals surface area contributed by atoms with Crippen molar-refractivity contribution in [3.05, 3.63) is 57.6 Å². The van der Waals surface area contributed by atoms with Crippen LogP contribution in [0.4, 0.5) is 0 Å². The lowest BCUT2D eigenvalue weighted by molar-refractivity contribution is 0.297. The van der Waals surface area contributed by atoms with Crippen LogP contribution in [-0.2, 0) is 0 Å². The molecule has 0 saturated carbocycles. The summed E-state index contributed by atoms with van der Waals surface area (Å²) in [6.07, 6.45) is 0.923. The predicted molar refractivity (Wildman–Crippen MR) is 91.7 cm³/mol. The molecule has 0 aliphatic carbocycles. The largest absolute Gasteiger partial charge is 0.490 e. The van der Waals surface area contributed by atoms with Crippen molar-refractivity contribution in [3.63, 3.8) is 0 Å². The second kappa shape index (κ2) is 6.41. The topological polar surface area (TPSA) is 18.5 Å².